The molecule has 0 heterocycles. The standard InChI is InChI=1S/C16H22F3NO2/c1-12-8-13(2)10-14(9-12)11-20-6-4-3-5-7-22-15(21)16(17,18)19/h8-10,20H,3-7,11H2,1-2H3. The maximum atomic E-state index is 11.9. The van der Waals surface area contributed by atoms with Crippen LogP contribution in [-0.4, -0.2) is 25.3 Å². The van der Waals surface area contributed by atoms with Gasteiger partial charge < -0.3 is 10.1 Å². The van der Waals surface area contributed by atoms with Gasteiger partial charge in [0.15, 0.2) is 0 Å². The van der Waals surface area contributed by atoms with E-state index < -0.39 is 12.1 Å². The first-order chi connectivity index (χ1) is 10.3. The SMILES string of the molecule is Cc1cc(C)cc(CNCCCCCOC(=O)C(F)(F)F)c1. The van der Waals surface area contributed by atoms with Gasteiger partial charge in [0.25, 0.3) is 0 Å². The Morgan fingerprint density at radius 2 is 1.73 bits per heavy atom. The molecule has 0 saturated heterocycles. The maximum Gasteiger partial charge on any atom is 0.490 e. The van der Waals surface area contributed by atoms with E-state index in [2.05, 4.69) is 42.1 Å². The Balaban J connectivity index is 2.05. The van der Waals surface area contributed by atoms with Crippen LogP contribution in [0.15, 0.2) is 18.2 Å². The molecule has 1 N–H and O–H groups in total. The zero-order valence-electron chi connectivity index (χ0n) is 12.9. The fourth-order valence-corrected chi connectivity index (χ4v) is 2.18. The molecule has 0 amide bonds. The number of halogens is 3. The van der Waals surface area contributed by atoms with Crippen LogP contribution in [0.25, 0.3) is 0 Å². The molecule has 6 heteroatoms. The van der Waals surface area contributed by atoms with Crippen LogP contribution in [0.4, 0.5) is 13.2 Å². The Labute approximate surface area is 128 Å². The second-order valence-corrected chi connectivity index (χ2v) is 5.37. The molecule has 22 heavy (non-hydrogen) atoms. The average Bonchev–Trinajstić information content (AvgIpc) is 2.39. The fourth-order valence-electron chi connectivity index (χ4n) is 2.18. The predicted molar refractivity (Wildman–Crippen MR) is 78.5 cm³/mol. The summed E-state index contributed by atoms with van der Waals surface area (Å²) in [6, 6.07) is 6.36. The molecular formula is C16H22F3NO2. The summed E-state index contributed by atoms with van der Waals surface area (Å²) in [5, 5.41) is 3.29. The molecule has 124 valence electrons. The second-order valence-electron chi connectivity index (χ2n) is 5.37. The molecule has 0 aromatic heterocycles. The van der Waals surface area contributed by atoms with Gasteiger partial charge in [-0.1, -0.05) is 29.3 Å². The molecule has 0 saturated carbocycles. The lowest BCUT2D eigenvalue weighted by molar-refractivity contribution is -0.199. The number of aryl methyl sites for hydroxylation is 2. The summed E-state index contributed by atoms with van der Waals surface area (Å²) in [7, 11) is 0. The van der Waals surface area contributed by atoms with Crippen LogP contribution in [0.1, 0.15) is 36.0 Å². The largest absolute Gasteiger partial charge is 0.490 e. The van der Waals surface area contributed by atoms with E-state index in [1.807, 2.05) is 0 Å². The van der Waals surface area contributed by atoms with Crippen molar-refractivity contribution < 1.29 is 22.7 Å². The molecule has 0 aliphatic carbocycles. The van der Waals surface area contributed by atoms with E-state index in [9.17, 15) is 18.0 Å². The van der Waals surface area contributed by atoms with Crippen molar-refractivity contribution in [3.05, 3.63) is 34.9 Å². The fraction of sp³-hybridized carbons (Fsp3) is 0.562. The average molecular weight is 317 g/mol. The normalized spacial score (nSPS) is 11.5. The Kier molecular flexibility index (Phi) is 7.38. The Morgan fingerprint density at radius 3 is 2.32 bits per heavy atom. The van der Waals surface area contributed by atoms with Crippen LogP contribution in [0, 0.1) is 13.8 Å². The summed E-state index contributed by atoms with van der Waals surface area (Å²) in [5.41, 5.74) is 3.67. The van der Waals surface area contributed by atoms with Crippen molar-refractivity contribution in [2.24, 2.45) is 0 Å². The molecule has 0 spiro atoms. The Hall–Kier alpha value is -1.56. The van der Waals surface area contributed by atoms with Gasteiger partial charge in [-0.2, -0.15) is 13.2 Å². The molecule has 0 aliphatic rings. The number of rotatable bonds is 8. The molecule has 0 atom stereocenters. The Morgan fingerprint density at radius 1 is 1.09 bits per heavy atom. The number of ether oxygens (including phenoxy) is 1. The first kappa shape index (κ1) is 18.5. The zero-order valence-corrected chi connectivity index (χ0v) is 12.9. The van der Waals surface area contributed by atoms with Crippen molar-refractivity contribution in [2.75, 3.05) is 13.2 Å². The summed E-state index contributed by atoms with van der Waals surface area (Å²) >= 11 is 0. The van der Waals surface area contributed by atoms with Gasteiger partial charge in [-0.15, -0.1) is 0 Å². The molecule has 1 aromatic carbocycles. The van der Waals surface area contributed by atoms with E-state index in [0.29, 0.717) is 12.8 Å². The molecular weight excluding hydrogens is 295 g/mol. The molecule has 1 aromatic rings. The first-order valence-corrected chi connectivity index (χ1v) is 7.31. The highest BCUT2D eigenvalue weighted by molar-refractivity contribution is 5.75. The third kappa shape index (κ3) is 7.45. The molecule has 0 radical (unpaired) electrons. The highest BCUT2D eigenvalue weighted by Gasteiger charge is 2.40. The number of hydrogen-bond donors (Lipinski definition) is 1. The molecule has 0 aliphatic heterocycles. The lowest BCUT2D eigenvalue weighted by atomic mass is 10.1. The highest BCUT2D eigenvalue weighted by atomic mass is 19.4. The van der Waals surface area contributed by atoms with E-state index >= 15 is 0 Å². The van der Waals surface area contributed by atoms with E-state index in [1.54, 1.807) is 0 Å². The van der Waals surface area contributed by atoms with Gasteiger partial charge in [0.05, 0.1) is 6.61 Å². The molecule has 0 fully saturated rings. The van der Waals surface area contributed by atoms with Crippen LogP contribution in [0.5, 0.6) is 0 Å². The molecule has 3 nitrogen and oxygen atoms in total. The smallest absolute Gasteiger partial charge is 0.459 e. The van der Waals surface area contributed by atoms with Crippen molar-refractivity contribution >= 4 is 5.97 Å². The quantitative estimate of drug-likeness (QED) is 0.587. The van der Waals surface area contributed by atoms with Crippen LogP contribution < -0.4 is 5.32 Å². The van der Waals surface area contributed by atoms with Crippen molar-refractivity contribution in [3.63, 3.8) is 0 Å². The number of nitrogens with one attached hydrogen (secondary N) is 1. The van der Waals surface area contributed by atoms with E-state index in [-0.39, 0.29) is 6.61 Å². The highest BCUT2D eigenvalue weighted by Crippen LogP contribution is 2.16. The summed E-state index contributed by atoms with van der Waals surface area (Å²) in [4.78, 5) is 10.5. The number of unbranched alkanes of at least 4 members (excludes halogenated alkanes) is 2. The van der Waals surface area contributed by atoms with Crippen molar-refractivity contribution in [1.29, 1.82) is 0 Å². The monoisotopic (exact) mass is 317 g/mol. The van der Waals surface area contributed by atoms with Gasteiger partial charge in [0.2, 0.25) is 0 Å². The van der Waals surface area contributed by atoms with Gasteiger partial charge in [0, 0.05) is 6.54 Å². The number of esters is 1. The number of alkyl halides is 3. The minimum atomic E-state index is -4.90. The summed E-state index contributed by atoms with van der Waals surface area (Å²) in [5.74, 6) is -2.11. The number of benzene rings is 1. The number of carbonyl (C=O) groups excluding carboxylic acids is 1. The van der Waals surface area contributed by atoms with Crippen LogP contribution in [-0.2, 0) is 16.1 Å². The van der Waals surface area contributed by atoms with Gasteiger partial charge in [-0.25, -0.2) is 4.79 Å². The second kappa shape index (κ2) is 8.78. The van der Waals surface area contributed by atoms with Crippen molar-refractivity contribution in [3.8, 4) is 0 Å². The third-order valence-corrected chi connectivity index (χ3v) is 3.07. The van der Waals surface area contributed by atoms with E-state index in [4.69, 9.17) is 0 Å². The molecule has 0 unspecified atom stereocenters. The van der Waals surface area contributed by atoms with Gasteiger partial charge in [0.1, 0.15) is 0 Å². The van der Waals surface area contributed by atoms with E-state index in [1.165, 1.54) is 16.7 Å². The lowest BCUT2D eigenvalue weighted by Crippen LogP contribution is -2.25. The van der Waals surface area contributed by atoms with Gasteiger partial charge in [-0.3, -0.25) is 0 Å². The minimum Gasteiger partial charge on any atom is -0.459 e. The Bertz CT molecular complexity index is 467. The van der Waals surface area contributed by atoms with Crippen LogP contribution >= 0.6 is 0 Å². The summed E-state index contributed by atoms with van der Waals surface area (Å²) in [6.45, 7) is 5.47. The minimum absolute atomic E-state index is 0.185. The third-order valence-electron chi connectivity index (χ3n) is 3.07. The summed E-state index contributed by atoms with van der Waals surface area (Å²) < 4.78 is 39.7. The van der Waals surface area contributed by atoms with Crippen LogP contribution in [0.2, 0.25) is 0 Å². The first-order valence-electron chi connectivity index (χ1n) is 7.31. The zero-order chi connectivity index (χ0) is 16.6. The predicted octanol–water partition coefficient (Wildman–Crippen LogP) is 3.67. The van der Waals surface area contributed by atoms with Gasteiger partial charge in [-0.05, 0) is 45.2 Å². The van der Waals surface area contributed by atoms with Crippen LogP contribution in [0.3, 0.4) is 0 Å². The number of carbonyl (C=O) groups is 1. The van der Waals surface area contributed by atoms with E-state index in [0.717, 1.165) is 19.5 Å². The lowest BCUT2D eigenvalue weighted by Gasteiger charge is -2.08. The van der Waals surface area contributed by atoms with Crippen molar-refractivity contribution in [1.82, 2.24) is 5.32 Å². The number of hydrogen-bond acceptors (Lipinski definition) is 3. The molecule has 0 bridgehead atoms. The topological polar surface area (TPSA) is 38.3 Å². The molecule has 1 rings (SSSR count). The van der Waals surface area contributed by atoms with Gasteiger partial charge >= 0.3 is 12.1 Å². The van der Waals surface area contributed by atoms with Crippen molar-refractivity contribution in [2.45, 2.75) is 45.8 Å². The maximum absolute atomic E-state index is 11.9. The summed E-state index contributed by atoms with van der Waals surface area (Å²) in [6.07, 6.45) is -2.92.